The Bertz CT molecular complexity index is 357. The van der Waals surface area contributed by atoms with E-state index in [1.54, 1.807) is 0 Å². The Hall–Kier alpha value is -0.170. The van der Waals surface area contributed by atoms with Gasteiger partial charge in [0.05, 0.1) is 18.1 Å². The fourth-order valence-corrected chi connectivity index (χ4v) is 4.14. The van der Waals surface area contributed by atoms with Gasteiger partial charge in [0.2, 0.25) is 0 Å². The molecule has 0 spiro atoms. The molecule has 0 radical (unpaired) electrons. The van der Waals surface area contributed by atoms with E-state index in [2.05, 4.69) is 4.90 Å². The topological polar surface area (TPSA) is 83.6 Å². The molecule has 3 N–H and O–H groups in total. The summed E-state index contributed by atoms with van der Waals surface area (Å²) in [5, 5.41) is 9.31. The Morgan fingerprint density at radius 3 is 2.59 bits per heavy atom. The maximum atomic E-state index is 11.4. The first-order valence-corrected chi connectivity index (χ1v) is 8.10. The molecule has 1 saturated carbocycles. The molecule has 2 aliphatic rings. The first-order valence-electron chi connectivity index (χ1n) is 6.28. The number of sulfone groups is 1. The second kappa shape index (κ2) is 4.84. The number of hydrogen-bond donors (Lipinski definition) is 2. The summed E-state index contributed by atoms with van der Waals surface area (Å²) in [6.07, 6.45) is 3.74. The summed E-state index contributed by atoms with van der Waals surface area (Å²) in [4.78, 5) is 2.23. The molecule has 0 aromatic carbocycles. The van der Waals surface area contributed by atoms with Gasteiger partial charge in [-0.1, -0.05) is 0 Å². The molecule has 1 heterocycles. The number of nitrogens with zero attached hydrogens (tertiary/aromatic N) is 1. The summed E-state index contributed by atoms with van der Waals surface area (Å²) in [6.45, 7) is 1.26. The molecule has 1 saturated heterocycles. The zero-order chi connectivity index (χ0) is 12.5. The lowest BCUT2D eigenvalue weighted by molar-refractivity contribution is 0.0857. The Morgan fingerprint density at radius 2 is 2.00 bits per heavy atom. The highest BCUT2D eigenvalue weighted by molar-refractivity contribution is 7.91. The highest BCUT2D eigenvalue weighted by Gasteiger charge is 2.36. The summed E-state index contributed by atoms with van der Waals surface area (Å²) >= 11 is 0. The van der Waals surface area contributed by atoms with Gasteiger partial charge >= 0.3 is 0 Å². The minimum Gasteiger partial charge on any atom is -0.394 e. The van der Waals surface area contributed by atoms with Crippen molar-refractivity contribution >= 4 is 9.84 Å². The van der Waals surface area contributed by atoms with Crippen LogP contribution in [0.15, 0.2) is 0 Å². The van der Waals surface area contributed by atoms with E-state index in [-0.39, 0.29) is 18.1 Å². The van der Waals surface area contributed by atoms with Crippen LogP contribution < -0.4 is 5.73 Å². The van der Waals surface area contributed by atoms with Gasteiger partial charge in [-0.15, -0.1) is 0 Å². The first-order chi connectivity index (χ1) is 7.94. The average Bonchev–Trinajstić information content (AvgIpc) is 2.29. The van der Waals surface area contributed by atoms with Crippen LogP contribution >= 0.6 is 0 Å². The van der Waals surface area contributed by atoms with Crippen molar-refractivity contribution in [1.29, 1.82) is 0 Å². The third-order valence-corrected chi connectivity index (χ3v) is 5.67. The lowest BCUT2D eigenvalue weighted by Gasteiger charge is -2.43. The summed E-state index contributed by atoms with van der Waals surface area (Å²) < 4.78 is 22.7. The van der Waals surface area contributed by atoms with E-state index in [0.29, 0.717) is 19.1 Å². The zero-order valence-corrected chi connectivity index (χ0v) is 11.0. The van der Waals surface area contributed by atoms with Crippen LogP contribution in [0.25, 0.3) is 0 Å². The zero-order valence-electron chi connectivity index (χ0n) is 10.1. The largest absolute Gasteiger partial charge is 0.394 e. The van der Waals surface area contributed by atoms with Crippen LogP contribution in [0.5, 0.6) is 0 Å². The van der Waals surface area contributed by atoms with Gasteiger partial charge in [0.1, 0.15) is 0 Å². The van der Waals surface area contributed by atoms with Crippen LogP contribution in [-0.4, -0.2) is 61.2 Å². The predicted octanol–water partition coefficient (Wildman–Crippen LogP) is -0.651. The van der Waals surface area contributed by atoms with Crippen LogP contribution in [0.4, 0.5) is 0 Å². The molecule has 6 heteroatoms. The SMILES string of the molecule is NC1(CO)CCCC(N2CCS(=O)(=O)CC2)C1. The quantitative estimate of drug-likeness (QED) is 0.691. The number of rotatable bonds is 2. The van der Waals surface area contributed by atoms with Gasteiger partial charge in [0.25, 0.3) is 0 Å². The number of aliphatic hydroxyl groups excluding tert-OH is 1. The van der Waals surface area contributed by atoms with Crippen LogP contribution in [0, 0.1) is 0 Å². The lowest BCUT2D eigenvalue weighted by Crippen LogP contribution is -2.55. The molecule has 1 aliphatic heterocycles. The summed E-state index contributed by atoms with van der Waals surface area (Å²) in [7, 11) is -2.81. The number of hydrogen-bond acceptors (Lipinski definition) is 5. The fraction of sp³-hybridized carbons (Fsp3) is 1.00. The molecule has 100 valence electrons. The minimum atomic E-state index is -2.81. The molecular formula is C11H22N2O3S. The van der Waals surface area contributed by atoms with Gasteiger partial charge in [0, 0.05) is 24.7 Å². The molecule has 0 amide bonds. The van der Waals surface area contributed by atoms with Gasteiger partial charge in [-0.2, -0.15) is 0 Å². The second-order valence-electron chi connectivity index (χ2n) is 5.46. The molecule has 0 aromatic rings. The maximum absolute atomic E-state index is 11.4. The smallest absolute Gasteiger partial charge is 0.152 e. The van der Waals surface area contributed by atoms with Crippen molar-refractivity contribution in [1.82, 2.24) is 4.90 Å². The van der Waals surface area contributed by atoms with Crippen LogP contribution in [-0.2, 0) is 9.84 Å². The molecule has 2 unspecified atom stereocenters. The molecule has 5 nitrogen and oxygen atoms in total. The highest BCUT2D eigenvalue weighted by atomic mass is 32.2. The normalized spacial score (nSPS) is 39.1. The van der Waals surface area contributed by atoms with Crippen LogP contribution in [0.1, 0.15) is 25.7 Å². The van der Waals surface area contributed by atoms with E-state index in [1.165, 1.54) is 0 Å². The molecule has 1 aliphatic carbocycles. The van der Waals surface area contributed by atoms with Crippen molar-refractivity contribution < 1.29 is 13.5 Å². The molecular weight excluding hydrogens is 240 g/mol. The first kappa shape index (κ1) is 13.3. The predicted molar refractivity (Wildman–Crippen MR) is 66.5 cm³/mol. The third kappa shape index (κ3) is 3.19. The van der Waals surface area contributed by atoms with E-state index in [4.69, 9.17) is 5.73 Å². The van der Waals surface area contributed by atoms with Crippen LogP contribution in [0.2, 0.25) is 0 Å². The van der Waals surface area contributed by atoms with Gasteiger partial charge in [-0.25, -0.2) is 8.42 Å². The van der Waals surface area contributed by atoms with Gasteiger partial charge in [-0.05, 0) is 25.7 Å². The monoisotopic (exact) mass is 262 g/mol. The van der Waals surface area contributed by atoms with Crippen molar-refractivity contribution in [3.8, 4) is 0 Å². The second-order valence-corrected chi connectivity index (χ2v) is 7.76. The molecule has 2 fully saturated rings. The Labute approximate surface area is 103 Å². The summed E-state index contributed by atoms with van der Waals surface area (Å²) in [6, 6.07) is 0.344. The van der Waals surface area contributed by atoms with Crippen LogP contribution in [0.3, 0.4) is 0 Å². The number of aliphatic hydroxyl groups is 1. The summed E-state index contributed by atoms with van der Waals surface area (Å²) in [5.74, 6) is 0.528. The molecule has 2 atom stereocenters. The van der Waals surface area contributed by atoms with Gasteiger partial charge in [-0.3, -0.25) is 4.90 Å². The third-order valence-electron chi connectivity index (χ3n) is 4.06. The van der Waals surface area contributed by atoms with Crippen molar-refractivity contribution in [2.75, 3.05) is 31.2 Å². The Balaban J connectivity index is 1.95. The van der Waals surface area contributed by atoms with Crippen molar-refractivity contribution in [2.24, 2.45) is 5.73 Å². The van der Waals surface area contributed by atoms with E-state index in [0.717, 1.165) is 25.7 Å². The van der Waals surface area contributed by atoms with Crippen molar-refractivity contribution in [3.63, 3.8) is 0 Å². The Morgan fingerprint density at radius 1 is 1.35 bits per heavy atom. The maximum Gasteiger partial charge on any atom is 0.152 e. The molecule has 2 rings (SSSR count). The summed E-state index contributed by atoms with van der Waals surface area (Å²) in [5.41, 5.74) is 5.65. The fourth-order valence-electron chi connectivity index (χ4n) is 2.91. The standard InChI is InChI=1S/C11H22N2O3S/c12-11(9-14)3-1-2-10(8-11)13-4-6-17(15,16)7-5-13/h10,14H,1-9,12H2. The van der Waals surface area contributed by atoms with Crippen molar-refractivity contribution in [2.45, 2.75) is 37.3 Å². The molecule has 0 aromatic heterocycles. The van der Waals surface area contributed by atoms with E-state index in [1.807, 2.05) is 0 Å². The van der Waals surface area contributed by atoms with Gasteiger partial charge in [0.15, 0.2) is 9.84 Å². The van der Waals surface area contributed by atoms with E-state index in [9.17, 15) is 13.5 Å². The molecule has 0 bridgehead atoms. The Kier molecular flexibility index (Phi) is 3.77. The minimum absolute atomic E-state index is 0.0235. The van der Waals surface area contributed by atoms with E-state index >= 15 is 0 Å². The van der Waals surface area contributed by atoms with Crippen molar-refractivity contribution in [3.05, 3.63) is 0 Å². The highest BCUT2D eigenvalue weighted by Crippen LogP contribution is 2.29. The lowest BCUT2D eigenvalue weighted by atomic mass is 9.79. The number of nitrogens with two attached hydrogens (primary N) is 1. The molecule has 17 heavy (non-hydrogen) atoms. The van der Waals surface area contributed by atoms with Gasteiger partial charge < -0.3 is 10.8 Å². The average molecular weight is 262 g/mol. The van der Waals surface area contributed by atoms with E-state index < -0.39 is 15.4 Å².